The van der Waals surface area contributed by atoms with Crippen LogP contribution in [0.2, 0.25) is 20.1 Å². The molecule has 0 aromatic heterocycles. The molecule has 0 N–H and O–H groups in total. The van der Waals surface area contributed by atoms with Gasteiger partial charge in [-0.1, -0.05) is 84.4 Å². The highest BCUT2D eigenvalue weighted by molar-refractivity contribution is 7.99. The van der Waals surface area contributed by atoms with Gasteiger partial charge in [0.15, 0.2) is 5.78 Å². The first-order chi connectivity index (χ1) is 12.4. The number of rotatable bonds is 8. The molecule has 0 amide bonds. The summed E-state index contributed by atoms with van der Waals surface area (Å²) in [5, 5.41) is 0.532. The molecule has 0 saturated carbocycles. The quantitative estimate of drug-likeness (QED) is 0.101. The number of ketones is 1. The molecule has 0 fully saturated rings. The van der Waals surface area contributed by atoms with Crippen molar-refractivity contribution in [2.45, 2.75) is 31.1 Å². The highest BCUT2D eigenvalue weighted by Gasteiger charge is 2.16. The van der Waals surface area contributed by atoms with E-state index < -0.39 is 0 Å². The fraction of sp³-hybridized carbons (Fsp3) is 0.250. The van der Waals surface area contributed by atoms with Gasteiger partial charge in [-0.15, -0.1) is 11.8 Å². The lowest BCUT2D eigenvalue weighted by Crippen LogP contribution is -1.97. The van der Waals surface area contributed by atoms with Crippen LogP contribution in [0.25, 0.3) is 6.08 Å². The number of halogens is 4. The van der Waals surface area contributed by atoms with Gasteiger partial charge >= 0.3 is 0 Å². The van der Waals surface area contributed by atoms with E-state index in [9.17, 15) is 4.79 Å². The van der Waals surface area contributed by atoms with Gasteiger partial charge in [-0.2, -0.15) is 0 Å². The lowest BCUT2D eigenvalue weighted by Gasteiger charge is -2.06. The van der Waals surface area contributed by atoms with Gasteiger partial charge in [0.05, 0.1) is 20.1 Å². The maximum absolute atomic E-state index is 12.4. The Bertz CT molecular complexity index is 800. The number of allylic oxidation sites excluding steroid dienone is 1. The molecule has 0 heterocycles. The molecule has 6 heteroatoms. The van der Waals surface area contributed by atoms with Gasteiger partial charge in [-0.3, -0.25) is 4.79 Å². The van der Waals surface area contributed by atoms with Gasteiger partial charge in [0.25, 0.3) is 0 Å². The van der Waals surface area contributed by atoms with Crippen LogP contribution < -0.4 is 0 Å². The van der Waals surface area contributed by atoms with E-state index in [1.807, 2.05) is 23.9 Å². The molecule has 26 heavy (non-hydrogen) atoms. The van der Waals surface area contributed by atoms with E-state index >= 15 is 0 Å². The Morgan fingerprint density at radius 2 is 1.69 bits per heavy atom. The van der Waals surface area contributed by atoms with Crippen molar-refractivity contribution in [1.29, 1.82) is 0 Å². The third-order valence-corrected chi connectivity index (χ3v) is 6.54. The van der Waals surface area contributed by atoms with Crippen molar-refractivity contribution in [2.75, 3.05) is 5.75 Å². The van der Waals surface area contributed by atoms with Crippen molar-refractivity contribution >= 4 is 70.0 Å². The molecule has 0 aliphatic rings. The number of hydrogen-bond donors (Lipinski definition) is 0. The first kappa shape index (κ1) is 21.7. The van der Waals surface area contributed by atoms with Crippen LogP contribution >= 0.6 is 58.2 Å². The van der Waals surface area contributed by atoms with E-state index in [1.165, 1.54) is 36.3 Å². The maximum atomic E-state index is 12.4. The van der Waals surface area contributed by atoms with Crippen LogP contribution in [0.15, 0.2) is 41.3 Å². The van der Waals surface area contributed by atoms with E-state index in [1.54, 1.807) is 6.08 Å². The molecule has 2 aromatic rings. The summed E-state index contributed by atoms with van der Waals surface area (Å²) in [7, 11) is 0. The van der Waals surface area contributed by atoms with Crippen molar-refractivity contribution in [3.8, 4) is 0 Å². The largest absolute Gasteiger partial charge is 0.289 e. The van der Waals surface area contributed by atoms with E-state index in [4.69, 9.17) is 46.4 Å². The third kappa shape index (κ3) is 5.94. The SMILES string of the molecule is CCCCCSc1ccc(/C=C/C(=O)c2cc(Cl)c(Cl)c(Cl)c2Cl)cc1. The maximum Gasteiger partial charge on any atom is 0.187 e. The summed E-state index contributed by atoms with van der Waals surface area (Å²) in [6.45, 7) is 2.20. The lowest BCUT2D eigenvalue weighted by atomic mass is 10.1. The molecule has 0 saturated heterocycles. The molecule has 0 spiro atoms. The van der Waals surface area contributed by atoms with Gasteiger partial charge in [-0.25, -0.2) is 0 Å². The van der Waals surface area contributed by atoms with Crippen LogP contribution in [-0.4, -0.2) is 11.5 Å². The van der Waals surface area contributed by atoms with Gasteiger partial charge in [0.1, 0.15) is 0 Å². The number of benzene rings is 2. The van der Waals surface area contributed by atoms with E-state index in [2.05, 4.69) is 19.1 Å². The molecule has 0 atom stereocenters. The summed E-state index contributed by atoms with van der Waals surface area (Å²) in [5.41, 5.74) is 1.16. The van der Waals surface area contributed by atoms with Crippen LogP contribution in [0.1, 0.15) is 42.1 Å². The molecular formula is C20H18Cl4OS. The lowest BCUT2D eigenvalue weighted by molar-refractivity contribution is 0.104. The summed E-state index contributed by atoms with van der Waals surface area (Å²) in [6.07, 6.45) is 6.90. The molecule has 0 aliphatic heterocycles. The Balaban J connectivity index is 2.04. The van der Waals surface area contributed by atoms with Crippen LogP contribution in [0.3, 0.4) is 0 Å². The fourth-order valence-electron chi connectivity index (χ4n) is 2.23. The molecule has 0 bridgehead atoms. The first-order valence-electron chi connectivity index (χ1n) is 8.22. The highest BCUT2D eigenvalue weighted by Crippen LogP contribution is 2.38. The second-order valence-electron chi connectivity index (χ2n) is 5.67. The molecular weight excluding hydrogens is 430 g/mol. The molecule has 138 valence electrons. The summed E-state index contributed by atoms with van der Waals surface area (Å²) in [4.78, 5) is 13.6. The number of unbranched alkanes of at least 4 members (excludes halogenated alkanes) is 2. The highest BCUT2D eigenvalue weighted by atomic mass is 35.5. The zero-order valence-electron chi connectivity index (χ0n) is 14.2. The van der Waals surface area contributed by atoms with E-state index in [0.717, 1.165) is 11.3 Å². The van der Waals surface area contributed by atoms with Crippen LogP contribution in [0.4, 0.5) is 0 Å². The summed E-state index contributed by atoms with van der Waals surface area (Å²) < 4.78 is 0. The average Bonchev–Trinajstić information content (AvgIpc) is 2.65. The van der Waals surface area contributed by atoms with Crippen molar-refractivity contribution in [1.82, 2.24) is 0 Å². The second-order valence-corrected chi connectivity index (χ2v) is 8.38. The number of carbonyl (C=O) groups excluding carboxylic acids is 1. The predicted molar refractivity (Wildman–Crippen MR) is 117 cm³/mol. The zero-order valence-corrected chi connectivity index (χ0v) is 18.0. The Hall–Kier alpha value is -0.640. The molecule has 2 aromatic carbocycles. The predicted octanol–water partition coefficient (Wildman–Crippen LogP) is 8.48. The minimum absolute atomic E-state index is 0.0852. The van der Waals surface area contributed by atoms with Crippen molar-refractivity contribution in [3.63, 3.8) is 0 Å². The topological polar surface area (TPSA) is 17.1 Å². The van der Waals surface area contributed by atoms with Gasteiger partial charge in [-0.05, 0) is 42.0 Å². The van der Waals surface area contributed by atoms with Crippen molar-refractivity contribution < 1.29 is 4.79 Å². The average molecular weight is 448 g/mol. The van der Waals surface area contributed by atoms with Gasteiger partial charge < -0.3 is 0 Å². The number of carbonyl (C=O) groups is 1. The molecule has 0 radical (unpaired) electrons. The summed E-state index contributed by atoms with van der Waals surface area (Å²) in [5.74, 6) is 0.839. The standard InChI is InChI=1S/C20H18Cl4OS/c1-2-3-4-11-26-14-8-5-13(6-9-14)7-10-17(25)15-12-16(21)19(23)20(24)18(15)22/h5-10,12H,2-4,11H2,1H3/b10-7+. The fourth-order valence-corrected chi connectivity index (χ4v) is 4.04. The third-order valence-electron chi connectivity index (χ3n) is 3.69. The monoisotopic (exact) mass is 446 g/mol. The van der Waals surface area contributed by atoms with Crippen LogP contribution in [0, 0.1) is 0 Å². The summed E-state index contributed by atoms with van der Waals surface area (Å²) >= 11 is 25.9. The minimum atomic E-state index is -0.284. The molecule has 0 aliphatic carbocycles. The Morgan fingerprint density at radius 1 is 1.00 bits per heavy atom. The van der Waals surface area contributed by atoms with Crippen LogP contribution in [-0.2, 0) is 0 Å². The Kier molecular flexibility index (Phi) is 8.86. The number of hydrogen-bond acceptors (Lipinski definition) is 2. The van der Waals surface area contributed by atoms with Crippen LogP contribution in [0.5, 0.6) is 0 Å². The molecule has 2 rings (SSSR count). The normalized spacial score (nSPS) is 11.3. The van der Waals surface area contributed by atoms with E-state index in [-0.39, 0.29) is 31.4 Å². The first-order valence-corrected chi connectivity index (χ1v) is 10.7. The zero-order chi connectivity index (χ0) is 19.1. The van der Waals surface area contributed by atoms with Gasteiger partial charge in [0.2, 0.25) is 0 Å². The Morgan fingerprint density at radius 3 is 2.35 bits per heavy atom. The molecule has 0 unspecified atom stereocenters. The van der Waals surface area contributed by atoms with Crippen molar-refractivity contribution in [2.24, 2.45) is 0 Å². The number of thioether (sulfide) groups is 1. The van der Waals surface area contributed by atoms with Gasteiger partial charge in [0, 0.05) is 10.5 Å². The molecule has 1 nitrogen and oxygen atoms in total. The second kappa shape index (κ2) is 10.6. The van der Waals surface area contributed by atoms with E-state index in [0.29, 0.717) is 0 Å². The Labute approximate surface area is 178 Å². The van der Waals surface area contributed by atoms with Crippen molar-refractivity contribution in [3.05, 3.63) is 67.6 Å². The smallest absolute Gasteiger partial charge is 0.187 e. The minimum Gasteiger partial charge on any atom is -0.289 e. The summed E-state index contributed by atoms with van der Waals surface area (Å²) in [6, 6.07) is 9.51.